The van der Waals surface area contributed by atoms with Crippen molar-refractivity contribution >= 4 is 30.0 Å². The summed E-state index contributed by atoms with van der Waals surface area (Å²) in [5, 5.41) is 3.29. The van der Waals surface area contributed by atoms with Gasteiger partial charge in [0.15, 0.2) is 0 Å². The topological polar surface area (TPSA) is 64.6 Å². The minimum atomic E-state index is -0.390. The van der Waals surface area contributed by atoms with Crippen LogP contribution in [-0.4, -0.2) is 18.5 Å². The van der Waals surface area contributed by atoms with Crippen LogP contribution in [0.15, 0.2) is 48.5 Å². The Morgan fingerprint density at radius 3 is 2.25 bits per heavy atom. The van der Waals surface area contributed by atoms with Gasteiger partial charge in [-0.25, -0.2) is 0 Å². The third kappa shape index (κ3) is 6.30. The highest BCUT2D eigenvalue weighted by molar-refractivity contribution is 5.85. The number of anilines is 1. The van der Waals surface area contributed by atoms with Crippen LogP contribution >= 0.6 is 12.4 Å². The Morgan fingerprint density at radius 2 is 1.62 bits per heavy atom. The predicted molar refractivity (Wildman–Crippen MR) is 94.9 cm³/mol. The third-order valence-electron chi connectivity index (χ3n) is 3.04. The molecule has 0 aliphatic heterocycles. The van der Waals surface area contributed by atoms with Gasteiger partial charge in [-0.3, -0.25) is 9.59 Å². The second-order valence-corrected chi connectivity index (χ2v) is 5.00. The summed E-state index contributed by atoms with van der Waals surface area (Å²) in [7, 11) is 0. The van der Waals surface area contributed by atoms with Crippen molar-refractivity contribution in [2.45, 2.75) is 20.3 Å². The number of esters is 2. The van der Waals surface area contributed by atoms with E-state index in [1.165, 1.54) is 13.8 Å². The van der Waals surface area contributed by atoms with Gasteiger partial charge in [0.25, 0.3) is 0 Å². The molecule has 0 unspecified atom stereocenters. The summed E-state index contributed by atoms with van der Waals surface area (Å²) < 4.78 is 10.3. The lowest BCUT2D eigenvalue weighted by atomic mass is 10.1. The average molecular weight is 350 g/mol. The van der Waals surface area contributed by atoms with E-state index in [0.717, 1.165) is 11.3 Å². The summed E-state index contributed by atoms with van der Waals surface area (Å²) in [6.07, 6.45) is 0.618. The van der Waals surface area contributed by atoms with Gasteiger partial charge in [-0.1, -0.05) is 18.2 Å². The monoisotopic (exact) mass is 349 g/mol. The second kappa shape index (κ2) is 9.57. The number of rotatable bonds is 6. The van der Waals surface area contributed by atoms with Crippen molar-refractivity contribution in [1.82, 2.24) is 0 Å². The van der Waals surface area contributed by atoms with E-state index >= 15 is 0 Å². The molecule has 2 aromatic rings. The van der Waals surface area contributed by atoms with Gasteiger partial charge in [0, 0.05) is 31.6 Å². The zero-order valence-corrected chi connectivity index (χ0v) is 14.4. The van der Waals surface area contributed by atoms with Crippen molar-refractivity contribution in [3.63, 3.8) is 0 Å². The maximum Gasteiger partial charge on any atom is 0.308 e. The predicted octanol–water partition coefficient (Wildman–Crippen LogP) is 3.61. The molecule has 0 bridgehead atoms. The summed E-state index contributed by atoms with van der Waals surface area (Å²) in [4.78, 5) is 22.3. The highest BCUT2D eigenvalue weighted by Crippen LogP contribution is 2.25. The van der Waals surface area contributed by atoms with Crippen LogP contribution in [0.1, 0.15) is 19.4 Å². The number of hydrogen-bond acceptors (Lipinski definition) is 5. The Kier molecular flexibility index (Phi) is 7.79. The average Bonchev–Trinajstić information content (AvgIpc) is 2.50. The third-order valence-corrected chi connectivity index (χ3v) is 3.04. The highest BCUT2D eigenvalue weighted by atomic mass is 35.5. The molecule has 2 rings (SSSR count). The van der Waals surface area contributed by atoms with Crippen LogP contribution in [0.25, 0.3) is 0 Å². The van der Waals surface area contributed by atoms with Crippen molar-refractivity contribution in [2.24, 2.45) is 0 Å². The molecule has 2 aromatic carbocycles. The summed E-state index contributed by atoms with van der Waals surface area (Å²) in [5.74, 6) is 0.132. The fraction of sp³-hybridized carbons (Fsp3) is 0.222. The number of ether oxygens (including phenoxy) is 2. The molecule has 0 saturated carbocycles. The van der Waals surface area contributed by atoms with Gasteiger partial charge in [0.1, 0.15) is 11.5 Å². The van der Waals surface area contributed by atoms with Crippen LogP contribution < -0.4 is 14.8 Å². The van der Waals surface area contributed by atoms with Crippen molar-refractivity contribution in [3.05, 3.63) is 54.1 Å². The molecule has 0 aromatic heterocycles. The van der Waals surface area contributed by atoms with Crippen LogP contribution in [0.3, 0.4) is 0 Å². The zero-order chi connectivity index (χ0) is 16.7. The molecule has 1 N–H and O–H groups in total. The molecular formula is C18H20ClNO4. The van der Waals surface area contributed by atoms with Crippen molar-refractivity contribution < 1.29 is 19.1 Å². The first-order chi connectivity index (χ1) is 11.0. The second-order valence-electron chi connectivity index (χ2n) is 5.00. The first-order valence-electron chi connectivity index (χ1n) is 7.33. The molecule has 6 heteroatoms. The SMILES string of the molecule is CC(=O)Oc1ccc(OC(C)=O)c(CCNc2ccccc2)c1.Cl. The van der Waals surface area contributed by atoms with Crippen LogP contribution in [0.2, 0.25) is 0 Å². The Labute approximate surface area is 147 Å². The molecule has 0 aliphatic carbocycles. The van der Waals surface area contributed by atoms with Crippen LogP contribution in [0.4, 0.5) is 5.69 Å². The van der Waals surface area contributed by atoms with E-state index in [1.54, 1.807) is 18.2 Å². The number of halogens is 1. The van der Waals surface area contributed by atoms with Crippen molar-refractivity contribution in [1.29, 1.82) is 0 Å². The molecule has 0 atom stereocenters. The van der Waals surface area contributed by atoms with Gasteiger partial charge < -0.3 is 14.8 Å². The fourth-order valence-corrected chi connectivity index (χ4v) is 2.13. The number of carbonyl (C=O) groups excluding carboxylic acids is 2. The standard InChI is InChI=1S/C18H19NO4.ClH/c1-13(20)22-17-8-9-18(23-14(2)21)15(12-17)10-11-19-16-6-4-3-5-7-16;/h3-9,12,19H,10-11H2,1-2H3;1H. The quantitative estimate of drug-likeness (QED) is 0.637. The first kappa shape index (κ1) is 19.5. The molecule has 0 saturated heterocycles. The number of hydrogen-bond donors (Lipinski definition) is 1. The highest BCUT2D eigenvalue weighted by Gasteiger charge is 2.09. The van der Waals surface area contributed by atoms with Gasteiger partial charge >= 0.3 is 11.9 Å². The Bertz CT molecular complexity index is 689. The largest absolute Gasteiger partial charge is 0.427 e. The summed E-state index contributed by atoms with van der Waals surface area (Å²) in [6, 6.07) is 14.8. The van der Waals surface area contributed by atoms with E-state index in [2.05, 4.69) is 5.32 Å². The van der Waals surface area contributed by atoms with Gasteiger partial charge in [0.2, 0.25) is 0 Å². The normalized spacial score (nSPS) is 9.58. The molecule has 128 valence electrons. The summed E-state index contributed by atoms with van der Waals surface area (Å²) in [6.45, 7) is 3.35. The molecule has 0 spiro atoms. The van der Waals surface area contributed by atoms with Crippen LogP contribution in [-0.2, 0) is 16.0 Å². The van der Waals surface area contributed by atoms with E-state index in [4.69, 9.17) is 9.47 Å². The lowest BCUT2D eigenvalue weighted by molar-refractivity contribution is -0.133. The van der Waals surface area contributed by atoms with Gasteiger partial charge in [-0.2, -0.15) is 0 Å². The molecule has 0 aliphatic rings. The zero-order valence-electron chi connectivity index (χ0n) is 13.6. The van der Waals surface area contributed by atoms with Crippen molar-refractivity contribution in [3.8, 4) is 11.5 Å². The smallest absolute Gasteiger partial charge is 0.308 e. The number of benzene rings is 2. The minimum absolute atomic E-state index is 0. The van der Waals surface area contributed by atoms with Crippen LogP contribution in [0.5, 0.6) is 11.5 Å². The van der Waals surface area contributed by atoms with Crippen molar-refractivity contribution in [2.75, 3.05) is 11.9 Å². The molecule has 24 heavy (non-hydrogen) atoms. The summed E-state index contributed by atoms with van der Waals surface area (Å²) in [5.41, 5.74) is 1.81. The maximum absolute atomic E-state index is 11.2. The first-order valence-corrected chi connectivity index (χ1v) is 7.33. The molecular weight excluding hydrogens is 330 g/mol. The molecule has 0 heterocycles. The van der Waals surface area contributed by atoms with Gasteiger partial charge in [0.05, 0.1) is 0 Å². The minimum Gasteiger partial charge on any atom is -0.427 e. The van der Waals surface area contributed by atoms with E-state index in [-0.39, 0.29) is 18.4 Å². The van der Waals surface area contributed by atoms with E-state index in [9.17, 15) is 9.59 Å². The Morgan fingerprint density at radius 1 is 0.958 bits per heavy atom. The number of para-hydroxylation sites is 1. The lowest BCUT2D eigenvalue weighted by Gasteiger charge is -2.12. The molecule has 0 amide bonds. The fourth-order valence-electron chi connectivity index (χ4n) is 2.13. The summed E-state index contributed by atoms with van der Waals surface area (Å²) >= 11 is 0. The molecule has 0 radical (unpaired) electrons. The van der Waals surface area contributed by atoms with E-state index < -0.39 is 5.97 Å². The Hall–Kier alpha value is -2.53. The van der Waals surface area contributed by atoms with E-state index in [1.807, 2.05) is 30.3 Å². The van der Waals surface area contributed by atoms with Gasteiger partial charge in [-0.05, 0) is 36.8 Å². The Balaban J connectivity index is 0.00000288. The lowest BCUT2D eigenvalue weighted by Crippen LogP contribution is -2.09. The number of carbonyl (C=O) groups is 2. The molecule has 0 fully saturated rings. The van der Waals surface area contributed by atoms with E-state index in [0.29, 0.717) is 24.5 Å². The molecule has 5 nitrogen and oxygen atoms in total. The number of nitrogens with one attached hydrogen (secondary N) is 1. The maximum atomic E-state index is 11.2. The van der Waals surface area contributed by atoms with Crippen LogP contribution in [0, 0.1) is 0 Å². The van der Waals surface area contributed by atoms with Gasteiger partial charge in [-0.15, -0.1) is 12.4 Å².